The van der Waals surface area contributed by atoms with Gasteiger partial charge in [-0.05, 0) is 25.3 Å². The molecule has 1 unspecified atom stereocenters. The van der Waals surface area contributed by atoms with Crippen molar-refractivity contribution in [1.82, 2.24) is 9.80 Å². The fourth-order valence-corrected chi connectivity index (χ4v) is 2.82. The van der Waals surface area contributed by atoms with E-state index in [-0.39, 0.29) is 17.7 Å². The molecule has 1 atom stereocenters. The second-order valence-corrected chi connectivity index (χ2v) is 6.25. The minimum absolute atomic E-state index is 0.0360. The van der Waals surface area contributed by atoms with Crippen LogP contribution in [-0.2, 0) is 9.59 Å². The van der Waals surface area contributed by atoms with Gasteiger partial charge < -0.3 is 15.5 Å². The van der Waals surface area contributed by atoms with E-state index >= 15 is 0 Å². The Morgan fingerprint density at radius 3 is 2.10 bits per heavy atom. The standard InChI is InChI=1S/C16H31N3O2/c1-4-14(7-8-17)5-6-15(20)18-9-11-19(12-10-18)16(21)13(2)3/h13-14H,4-12,17H2,1-3H3. The summed E-state index contributed by atoms with van der Waals surface area (Å²) >= 11 is 0. The molecule has 0 aromatic carbocycles. The van der Waals surface area contributed by atoms with Crippen LogP contribution in [0.25, 0.3) is 0 Å². The van der Waals surface area contributed by atoms with Crippen LogP contribution in [0.1, 0.15) is 46.5 Å². The van der Waals surface area contributed by atoms with Gasteiger partial charge in [0.2, 0.25) is 11.8 Å². The van der Waals surface area contributed by atoms with Crippen molar-refractivity contribution in [3.8, 4) is 0 Å². The number of nitrogens with zero attached hydrogens (tertiary/aromatic N) is 2. The van der Waals surface area contributed by atoms with Gasteiger partial charge in [0.15, 0.2) is 0 Å². The minimum atomic E-state index is 0.0360. The van der Waals surface area contributed by atoms with E-state index in [1.54, 1.807) is 0 Å². The monoisotopic (exact) mass is 297 g/mol. The third-order valence-electron chi connectivity index (χ3n) is 4.36. The predicted octanol–water partition coefficient (Wildman–Crippen LogP) is 1.47. The van der Waals surface area contributed by atoms with Gasteiger partial charge in [0.25, 0.3) is 0 Å². The molecule has 1 aliphatic heterocycles. The molecule has 5 nitrogen and oxygen atoms in total. The van der Waals surface area contributed by atoms with Crippen LogP contribution in [0.15, 0.2) is 0 Å². The highest BCUT2D eigenvalue weighted by molar-refractivity contribution is 5.79. The van der Waals surface area contributed by atoms with Crippen LogP contribution < -0.4 is 5.73 Å². The zero-order valence-electron chi connectivity index (χ0n) is 13.8. The van der Waals surface area contributed by atoms with E-state index in [0.717, 1.165) is 19.3 Å². The number of hydrogen-bond donors (Lipinski definition) is 1. The molecule has 0 radical (unpaired) electrons. The van der Waals surface area contributed by atoms with Gasteiger partial charge >= 0.3 is 0 Å². The number of piperazine rings is 1. The van der Waals surface area contributed by atoms with Crippen molar-refractivity contribution in [1.29, 1.82) is 0 Å². The van der Waals surface area contributed by atoms with Crippen LogP contribution >= 0.6 is 0 Å². The summed E-state index contributed by atoms with van der Waals surface area (Å²) < 4.78 is 0. The summed E-state index contributed by atoms with van der Waals surface area (Å²) in [7, 11) is 0. The van der Waals surface area contributed by atoms with Crippen LogP contribution in [0, 0.1) is 11.8 Å². The summed E-state index contributed by atoms with van der Waals surface area (Å²) in [6.07, 6.45) is 3.62. The molecule has 1 aliphatic rings. The van der Waals surface area contributed by atoms with Crippen LogP contribution in [0.2, 0.25) is 0 Å². The topological polar surface area (TPSA) is 66.6 Å². The Balaban J connectivity index is 2.33. The number of nitrogens with two attached hydrogens (primary N) is 1. The summed E-state index contributed by atoms with van der Waals surface area (Å²) in [4.78, 5) is 27.9. The smallest absolute Gasteiger partial charge is 0.225 e. The summed E-state index contributed by atoms with van der Waals surface area (Å²) in [6, 6.07) is 0. The Bertz CT molecular complexity index is 336. The SMILES string of the molecule is CCC(CCN)CCC(=O)N1CCN(C(=O)C(C)C)CC1. The van der Waals surface area contributed by atoms with Crippen molar-refractivity contribution in [2.24, 2.45) is 17.6 Å². The summed E-state index contributed by atoms with van der Waals surface area (Å²) in [5.41, 5.74) is 5.59. The fourth-order valence-electron chi connectivity index (χ4n) is 2.82. The normalized spacial score (nSPS) is 17.2. The molecule has 21 heavy (non-hydrogen) atoms. The fraction of sp³-hybridized carbons (Fsp3) is 0.875. The summed E-state index contributed by atoms with van der Waals surface area (Å²) in [6.45, 7) is 9.37. The minimum Gasteiger partial charge on any atom is -0.339 e. The van der Waals surface area contributed by atoms with Crippen molar-refractivity contribution >= 4 is 11.8 Å². The van der Waals surface area contributed by atoms with Crippen LogP contribution in [0.3, 0.4) is 0 Å². The second kappa shape index (κ2) is 9.03. The van der Waals surface area contributed by atoms with Gasteiger partial charge in [0.1, 0.15) is 0 Å². The molecule has 1 saturated heterocycles. The Morgan fingerprint density at radius 2 is 1.62 bits per heavy atom. The Kier molecular flexibility index (Phi) is 7.72. The van der Waals surface area contributed by atoms with Crippen LogP contribution in [0.4, 0.5) is 0 Å². The highest BCUT2D eigenvalue weighted by Gasteiger charge is 2.25. The molecule has 1 rings (SSSR count). The first kappa shape index (κ1) is 18.0. The van der Waals surface area contributed by atoms with Crippen LogP contribution in [-0.4, -0.2) is 54.3 Å². The van der Waals surface area contributed by atoms with Gasteiger partial charge in [-0.2, -0.15) is 0 Å². The molecule has 0 aliphatic carbocycles. The van der Waals surface area contributed by atoms with E-state index in [9.17, 15) is 9.59 Å². The molecular weight excluding hydrogens is 266 g/mol. The molecule has 2 amide bonds. The maximum atomic E-state index is 12.2. The molecule has 1 heterocycles. The lowest BCUT2D eigenvalue weighted by molar-refractivity contribution is -0.141. The molecule has 5 heteroatoms. The first-order chi connectivity index (χ1) is 9.99. The van der Waals surface area contributed by atoms with Crippen molar-refractivity contribution in [2.75, 3.05) is 32.7 Å². The van der Waals surface area contributed by atoms with Gasteiger partial charge in [-0.25, -0.2) is 0 Å². The molecule has 122 valence electrons. The molecule has 0 aromatic rings. The molecule has 0 aromatic heterocycles. The van der Waals surface area contributed by atoms with Gasteiger partial charge in [-0.3, -0.25) is 9.59 Å². The van der Waals surface area contributed by atoms with Crippen molar-refractivity contribution in [2.45, 2.75) is 46.5 Å². The van der Waals surface area contributed by atoms with Crippen molar-refractivity contribution in [3.05, 3.63) is 0 Å². The van der Waals surface area contributed by atoms with E-state index in [4.69, 9.17) is 5.73 Å². The maximum absolute atomic E-state index is 12.2. The number of hydrogen-bond acceptors (Lipinski definition) is 3. The van der Waals surface area contributed by atoms with Gasteiger partial charge in [-0.15, -0.1) is 0 Å². The Morgan fingerprint density at radius 1 is 1.05 bits per heavy atom. The molecule has 0 spiro atoms. The average Bonchev–Trinajstić information content (AvgIpc) is 2.50. The summed E-state index contributed by atoms with van der Waals surface area (Å²) in [5.74, 6) is 1.01. The highest BCUT2D eigenvalue weighted by Crippen LogP contribution is 2.16. The Labute approximate surface area is 128 Å². The van der Waals surface area contributed by atoms with Crippen molar-refractivity contribution in [3.63, 3.8) is 0 Å². The van der Waals surface area contributed by atoms with Crippen molar-refractivity contribution < 1.29 is 9.59 Å². The third kappa shape index (κ3) is 5.65. The zero-order valence-corrected chi connectivity index (χ0v) is 13.8. The van der Waals surface area contributed by atoms with E-state index in [1.807, 2.05) is 23.6 Å². The number of carbonyl (C=O) groups excluding carboxylic acids is 2. The molecule has 0 saturated carbocycles. The number of amides is 2. The highest BCUT2D eigenvalue weighted by atomic mass is 16.2. The van der Waals surface area contributed by atoms with Gasteiger partial charge in [-0.1, -0.05) is 27.2 Å². The zero-order chi connectivity index (χ0) is 15.8. The van der Waals surface area contributed by atoms with Gasteiger partial charge in [0.05, 0.1) is 0 Å². The van der Waals surface area contributed by atoms with E-state index in [2.05, 4.69) is 6.92 Å². The lowest BCUT2D eigenvalue weighted by Crippen LogP contribution is -2.51. The molecular formula is C16H31N3O2. The first-order valence-electron chi connectivity index (χ1n) is 8.26. The largest absolute Gasteiger partial charge is 0.339 e. The van der Waals surface area contributed by atoms with E-state index < -0.39 is 0 Å². The first-order valence-corrected chi connectivity index (χ1v) is 8.26. The second-order valence-electron chi connectivity index (χ2n) is 6.25. The number of carbonyl (C=O) groups is 2. The van der Waals surface area contributed by atoms with Gasteiger partial charge in [0, 0.05) is 38.5 Å². The third-order valence-corrected chi connectivity index (χ3v) is 4.36. The average molecular weight is 297 g/mol. The summed E-state index contributed by atoms with van der Waals surface area (Å²) in [5, 5.41) is 0. The molecule has 0 bridgehead atoms. The van der Waals surface area contributed by atoms with Crippen LogP contribution in [0.5, 0.6) is 0 Å². The predicted molar refractivity (Wildman–Crippen MR) is 84.7 cm³/mol. The van der Waals surface area contributed by atoms with E-state index in [1.165, 1.54) is 0 Å². The molecule has 1 fully saturated rings. The maximum Gasteiger partial charge on any atom is 0.225 e. The lowest BCUT2D eigenvalue weighted by atomic mass is 9.96. The lowest BCUT2D eigenvalue weighted by Gasteiger charge is -2.35. The Hall–Kier alpha value is -1.10. The molecule has 2 N–H and O–H groups in total. The quantitative estimate of drug-likeness (QED) is 0.774. The number of rotatable bonds is 7. The van der Waals surface area contributed by atoms with E-state index in [0.29, 0.717) is 45.1 Å².